The summed E-state index contributed by atoms with van der Waals surface area (Å²) in [5.74, 6) is -0.894. The highest BCUT2D eigenvalue weighted by Crippen LogP contribution is 2.22. The summed E-state index contributed by atoms with van der Waals surface area (Å²) in [6, 6.07) is 3.30. The zero-order chi connectivity index (χ0) is 10.1. The van der Waals surface area contributed by atoms with Gasteiger partial charge in [0.15, 0.2) is 0 Å². The summed E-state index contributed by atoms with van der Waals surface area (Å²) in [6.07, 6.45) is 0. The molecule has 1 rings (SSSR count). The smallest absolute Gasteiger partial charge is 0.240 e. The van der Waals surface area contributed by atoms with Gasteiger partial charge < -0.3 is 5.32 Å². The van der Waals surface area contributed by atoms with E-state index in [1.807, 2.05) is 0 Å². The summed E-state index contributed by atoms with van der Waals surface area (Å²) >= 11 is 0. The van der Waals surface area contributed by atoms with Gasteiger partial charge in [-0.1, -0.05) is 12.1 Å². The van der Waals surface area contributed by atoms with Crippen molar-refractivity contribution >= 4 is 15.7 Å². The third-order valence-corrected chi connectivity index (χ3v) is 2.33. The molecule has 0 aliphatic heterocycles. The highest BCUT2D eigenvalue weighted by atomic mass is 32.2. The third kappa shape index (κ3) is 2.10. The Labute approximate surface area is 75.6 Å². The van der Waals surface area contributed by atoms with Gasteiger partial charge in [-0.2, -0.15) is 0 Å². The second-order valence-corrected chi connectivity index (χ2v) is 3.85. The molecule has 2 N–H and O–H groups in total. The molecular weight excluding hydrogens is 195 g/mol. The van der Waals surface area contributed by atoms with Crippen LogP contribution < -0.4 is 5.14 Å². The summed E-state index contributed by atoms with van der Waals surface area (Å²) < 4.78 is 34.5. The van der Waals surface area contributed by atoms with Crippen LogP contribution in [0.25, 0.3) is 5.32 Å². The van der Waals surface area contributed by atoms with E-state index >= 15 is 0 Å². The van der Waals surface area contributed by atoms with E-state index in [9.17, 15) is 12.8 Å². The molecule has 0 radical (unpaired) electrons. The average molecular weight is 202 g/mol. The van der Waals surface area contributed by atoms with Crippen LogP contribution in [0.4, 0.5) is 10.1 Å². The molecule has 0 atom stereocenters. The van der Waals surface area contributed by atoms with Crippen molar-refractivity contribution in [2.24, 2.45) is 5.14 Å². The van der Waals surface area contributed by atoms with Crippen LogP contribution in [0.3, 0.4) is 0 Å². The normalized spacial score (nSPS) is 11.2. The minimum Gasteiger partial charge on any atom is -0.491 e. The Morgan fingerprint density at radius 1 is 1.46 bits per heavy atom. The number of benzene rings is 1. The minimum absolute atomic E-state index is 0.255. The fraction of sp³-hybridized carbons (Fsp3) is 0. The summed E-state index contributed by atoms with van der Waals surface area (Å²) in [4.78, 5) is -0.572. The van der Waals surface area contributed by atoms with Crippen LogP contribution in [0.1, 0.15) is 0 Å². The fourth-order valence-electron chi connectivity index (χ4n) is 0.808. The van der Waals surface area contributed by atoms with Gasteiger partial charge in [0, 0.05) is 7.05 Å². The van der Waals surface area contributed by atoms with E-state index in [4.69, 9.17) is 5.14 Å². The van der Waals surface area contributed by atoms with Gasteiger partial charge in [-0.3, -0.25) is 0 Å². The first-order valence-corrected chi connectivity index (χ1v) is 4.79. The number of nitrogens with two attached hydrogens (primary N) is 1. The highest BCUT2D eigenvalue weighted by Gasteiger charge is 2.12. The number of sulfonamides is 1. The van der Waals surface area contributed by atoms with E-state index in [2.05, 4.69) is 12.4 Å². The molecule has 70 valence electrons. The summed E-state index contributed by atoms with van der Waals surface area (Å²) in [5, 5.41) is 8.20. The Bertz CT molecular complexity index is 417. The lowest BCUT2D eigenvalue weighted by molar-refractivity contribution is 0.568. The molecule has 0 aromatic heterocycles. The Balaban J connectivity index is 3.36. The number of hydrogen-bond donors (Lipinski definition) is 1. The zero-order valence-corrected chi connectivity index (χ0v) is 7.38. The van der Waals surface area contributed by atoms with Gasteiger partial charge in [-0.25, -0.2) is 17.9 Å². The molecular formula is C7H7FN2O2S. The standard InChI is InChI=1S/C7H7FN2O2S/c1-10-5-2-3-6(8)7(4-5)13(9,11)12/h2-4H,1H2,(H2,9,11,12). The first-order valence-electron chi connectivity index (χ1n) is 3.24. The molecule has 0 heterocycles. The van der Waals surface area contributed by atoms with Gasteiger partial charge in [0.2, 0.25) is 10.0 Å². The van der Waals surface area contributed by atoms with E-state index in [1.165, 1.54) is 6.07 Å². The monoisotopic (exact) mass is 202 g/mol. The molecule has 0 saturated carbocycles. The summed E-state index contributed by atoms with van der Waals surface area (Å²) in [7, 11) is -0.853. The van der Waals surface area contributed by atoms with Gasteiger partial charge in [0.25, 0.3) is 0 Å². The predicted octanol–water partition coefficient (Wildman–Crippen LogP) is 1.27. The van der Waals surface area contributed by atoms with Crippen molar-refractivity contribution in [3.8, 4) is 0 Å². The molecule has 0 aliphatic rings. The van der Waals surface area contributed by atoms with Gasteiger partial charge in [-0.05, 0) is 6.07 Å². The predicted molar refractivity (Wildman–Crippen MR) is 46.1 cm³/mol. The number of hydrogen-bond acceptors (Lipinski definition) is 2. The van der Waals surface area contributed by atoms with Gasteiger partial charge >= 0.3 is 0 Å². The second kappa shape index (κ2) is 3.23. The molecule has 0 bridgehead atoms. The topological polar surface area (TPSA) is 74.3 Å². The number of primary sulfonamides is 1. The summed E-state index contributed by atoms with van der Waals surface area (Å²) in [5.41, 5.74) is 0.255. The van der Waals surface area contributed by atoms with E-state index < -0.39 is 20.7 Å². The number of rotatable bonds is 2. The second-order valence-electron chi connectivity index (χ2n) is 2.32. The molecule has 0 fully saturated rings. The molecule has 13 heavy (non-hydrogen) atoms. The van der Waals surface area contributed by atoms with Crippen LogP contribution in [0.5, 0.6) is 0 Å². The van der Waals surface area contributed by atoms with E-state index in [1.54, 1.807) is 0 Å². The molecule has 0 spiro atoms. The maximum Gasteiger partial charge on any atom is 0.240 e. The van der Waals surface area contributed by atoms with Crippen LogP contribution in [-0.4, -0.2) is 8.42 Å². The van der Waals surface area contributed by atoms with Gasteiger partial charge in [-0.15, -0.1) is 5.69 Å². The lowest BCUT2D eigenvalue weighted by Crippen LogP contribution is -2.13. The van der Waals surface area contributed by atoms with Crippen LogP contribution >= 0.6 is 0 Å². The Morgan fingerprint density at radius 2 is 2.08 bits per heavy atom. The minimum atomic E-state index is -4.03. The molecule has 1 aromatic rings. The molecule has 6 heteroatoms. The lowest BCUT2D eigenvalue weighted by atomic mass is 10.3. The van der Waals surface area contributed by atoms with Gasteiger partial charge in [0.1, 0.15) is 10.7 Å². The summed E-state index contributed by atoms with van der Waals surface area (Å²) in [6.45, 7) is 0. The molecule has 0 unspecified atom stereocenters. The van der Waals surface area contributed by atoms with Crippen LogP contribution in [0.2, 0.25) is 0 Å². The fourth-order valence-corrected chi connectivity index (χ4v) is 1.43. The van der Waals surface area contributed by atoms with Crippen LogP contribution in [0, 0.1) is 12.9 Å². The van der Waals surface area contributed by atoms with Crippen LogP contribution in [-0.2, 0) is 10.0 Å². The Morgan fingerprint density at radius 3 is 2.54 bits per heavy atom. The average Bonchev–Trinajstić information content (AvgIpc) is 2.03. The SMILES string of the molecule is [CH2+][N-]c1ccc(F)c(S(N)(=O)=O)c1. The molecule has 4 nitrogen and oxygen atoms in total. The van der Waals surface area contributed by atoms with Crippen molar-refractivity contribution in [1.82, 2.24) is 0 Å². The third-order valence-electron chi connectivity index (χ3n) is 1.40. The maximum absolute atomic E-state index is 12.9. The molecule has 0 amide bonds. The highest BCUT2D eigenvalue weighted by molar-refractivity contribution is 7.89. The largest absolute Gasteiger partial charge is 0.491 e. The van der Waals surface area contributed by atoms with Gasteiger partial charge in [0.05, 0.1) is 0 Å². The van der Waals surface area contributed by atoms with E-state index in [0.717, 1.165) is 12.1 Å². The number of halogens is 1. The van der Waals surface area contributed by atoms with Crippen molar-refractivity contribution in [2.45, 2.75) is 4.90 Å². The van der Waals surface area contributed by atoms with Crippen molar-refractivity contribution < 1.29 is 12.8 Å². The number of nitrogens with zero attached hydrogens (tertiary/aromatic N) is 1. The maximum atomic E-state index is 12.9. The van der Waals surface area contributed by atoms with Crippen LogP contribution in [0.15, 0.2) is 23.1 Å². The quantitative estimate of drug-likeness (QED) is 0.733. The molecule has 0 saturated heterocycles. The first-order chi connectivity index (χ1) is 5.95. The molecule has 0 aliphatic carbocycles. The Kier molecular flexibility index (Phi) is 2.44. The van der Waals surface area contributed by atoms with Crippen molar-refractivity contribution in [3.05, 3.63) is 36.4 Å². The van der Waals surface area contributed by atoms with Crippen molar-refractivity contribution in [2.75, 3.05) is 0 Å². The van der Waals surface area contributed by atoms with E-state index in [0.29, 0.717) is 0 Å². The molecule has 1 aromatic carbocycles. The Hall–Kier alpha value is -1.27. The lowest BCUT2D eigenvalue weighted by Gasteiger charge is -2.08. The first kappa shape index (κ1) is 9.82. The van der Waals surface area contributed by atoms with Crippen molar-refractivity contribution in [1.29, 1.82) is 0 Å². The zero-order valence-electron chi connectivity index (χ0n) is 6.57. The van der Waals surface area contributed by atoms with Crippen molar-refractivity contribution in [3.63, 3.8) is 0 Å². The van der Waals surface area contributed by atoms with E-state index in [-0.39, 0.29) is 5.69 Å².